The molecule has 0 spiro atoms. The van der Waals surface area contributed by atoms with Crippen LogP contribution in [0.4, 0.5) is 0 Å². The maximum atomic E-state index is 5.67. The Hall–Kier alpha value is -0.120. The topological polar surface area (TPSA) is 32.5 Å². The van der Waals surface area contributed by atoms with E-state index in [1.54, 1.807) is 0 Å². The molecule has 2 heterocycles. The van der Waals surface area contributed by atoms with Gasteiger partial charge >= 0.3 is 0 Å². The Labute approximate surface area is 100.0 Å². The van der Waals surface area contributed by atoms with Gasteiger partial charge < -0.3 is 10.6 Å². The summed E-state index contributed by atoms with van der Waals surface area (Å²) in [6.07, 6.45) is 5.54. The molecular formula is C13H27N3. The highest BCUT2D eigenvalue weighted by atomic mass is 15.2. The van der Waals surface area contributed by atoms with Gasteiger partial charge in [0.05, 0.1) is 0 Å². The van der Waals surface area contributed by atoms with E-state index in [1.807, 2.05) is 0 Å². The van der Waals surface area contributed by atoms with Crippen molar-refractivity contribution in [1.29, 1.82) is 0 Å². The molecular weight excluding hydrogens is 198 g/mol. The number of nitrogens with zero attached hydrogens (tertiary/aromatic N) is 2. The van der Waals surface area contributed by atoms with Crippen LogP contribution in [0.3, 0.4) is 0 Å². The second-order valence-corrected chi connectivity index (χ2v) is 5.60. The maximum Gasteiger partial charge on any atom is 0.0224 e. The van der Waals surface area contributed by atoms with Crippen molar-refractivity contribution in [2.75, 3.05) is 39.3 Å². The van der Waals surface area contributed by atoms with E-state index in [9.17, 15) is 0 Å². The van der Waals surface area contributed by atoms with Gasteiger partial charge in [-0.25, -0.2) is 0 Å². The lowest BCUT2D eigenvalue weighted by Gasteiger charge is -2.34. The summed E-state index contributed by atoms with van der Waals surface area (Å²) in [6, 6.07) is 0.789. The predicted molar refractivity (Wildman–Crippen MR) is 68.5 cm³/mol. The number of rotatable bonds is 4. The third-order valence-corrected chi connectivity index (χ3v) is 4.26. The van der Waals surface area contributed by atoms with E-state index in [1.165, 1.54) is 51.9 Å². The van der Waals surface area contributed by atoms with Crippen LogP contribution in [0.1, 0.15) is 32.6 Å². The molecule has 0 unspecified atom stereocenters. The van der Waals surface area contributed by atoms with Gasteiger partial charge in [0.25, 0.3) is 0 Å². The van der Waals surface area contributed by atoms with Crippen molar-refractivity contribution in [3.63, 3.8) is 0 Å². The molecule has 2 rings (SSSR count). The lowest BCUT2D eigenvalue weighted by Crippen LogP contribution is -2.44. The van der Waals surface area contributed by atoms with Crippen molar-refractivity contribution in [2.45, 2.75) is 38.6 Å². The van der Waals surface area contributed by atoms with E-state index in [4.69, 9.17) is 5.73 Å². The van der Waals surface area contributed by atoms with Crippen molar-refractivity contribution in [1.82, 2.24) is 9.80 Å². The number of hydrogen-bond donors (Lipinski definition) is 1. The van der Waals surface area contributed by atoms with Crippen LogP contribution in [-0.4, -0.2) is 55.1 Å². The summed E-state index contributed by atoms with van der Waals surface area (Å²) in [4.78, 5) is 5.26. The van der Waals surface area contributed by atoms with Crippen LogP contribution in [0.25, 0.3) is 0 Å². The summed E-state index contributed by atoms with van der Waals surface area (Å²) in [5.74, 6) is 0.944. The number of likely N-dealkylation sites (tertiary alicyclic amines) is 2. The lowest BCUT2D eigenvalue weighted by molar-refractivity contribution is 0.138. The standard InChI is InChI=1S/C13H27N3/c1-12-4-8-15(9-5-12)11-13-3-2-7-16(13)10-6-14/h12-13H,2-11,14H2,1H3/t13-/m1/s1. The van der Waals surface area contributed by atoms with Crippen molar-refractivity contribution in [3.05, 3.63) is 0 Å². The van der Waals surface area contributed by atoms with Gasteiger partial charge in [-0.2, -0.15) is 0 Å². The third-order valence-electron chi connectivity index (χ3n) is 4.26. The molecule has 0 aliphatic carbocycles. The van der Waals surface area contributed by atoms with Gasteiger partial charge in [0, 0.05) is 25.7 Å². The molecule has 0 aromatic carbocycles. The molecule has 0 aromatic heterocycles. The Kier molecular flexibility index (Phi) is 4.62. The van der Waals surface area contributed by atoms with Crippen LogP contribution in [0, 0.1) is 5.92 Å². The maximum absolute atomic E-state index is 5.67. The molecule has 1 atom stereocenters. The van der Waals surface area contributed by atoms with Crippen LogP contribution in [-0.2, 0) is 0 Å². The highest BCUT2D eigenvalue weighted by molar-refractivity contribution is 4.83. The van der Waals surface area contributed by atoms with Gasteiger partial charge in [-0.1, -0.05) is 6.92 Å². The second kappa shape index (κ2) is 5.99. The summed E-state index contributed by atoms with van der Waals surface area (Å²) in [5, 5.41) is 0. The van der Waals surface area contributed by atoms with E-state index in [-0.39, 0.29) is 0 Å². The molecule has 3 heteroatoms. The normalized spacial score (nSPS) is 30.0. The second-order valence-electron chi connectivity index (χ2n) is 5.60. The van der Waals surface area contributed by atoms with Crippen molar-refractivity contribution in [3.8, 4) is 0 Å². The molecule has 2 aliphatic rings. The summed E-state index contributed by atoms with van der Waals surface area (Å²) in [5.41, 5.74) is 5.67. The van der Waals surface area contributed by atoms with Crippen molar-refractivity contribution >= 4 is 0 Å². The van der Waals surface area contributed by atoms with Crippen LogP contribution >= 0.6 is 0 Å². The van der Waals surface area contributed by atoms with E-state index in [2.05, 4.69) is 16.7 Å². The monoisotopic (exact) mass is 225 g/mol. The Morgan fingerprint density at radius 3 is 2.56 bits per heavy atom. The Morgan fingerprint density at radius 1 is 1.12 bits per heavy atom. The molecule has 3 nitrogen and oxygen atoms in total. The summed E-state index contributed by atoms with van der Waals surface area (Å²) in [7, 11) is 0. The molecule has 16 heavy (non-hydrogen) atoms. The molecule has 2 fully saturated rings. The van der Waals surface area contributed by atoms with Gasteiger partial charge in [0.15, 0.2) is 0 Å². The van der Waals surface area contributed by atoms with Gasteiger partial charge in [0.2, 0.25) is 0 Å². The Balaban J connectivity index is 1.75. The van der Waals surface area contributed by atoms with Crippen LogP contribution in [0.5, 0.6) is 0 Å². The molecule has 94 valence electrons. The molecule has 2 N–H and O–H groups in total. The number of hydrogen-bond acceptors (Lipinski definition) is 3. The zero-order valence-electron chi connectivity index (χ0n) is 10.7. The minimum atomic E-state index is 0.789. The molecule has 2 saturated heterocycles. The average Bonchev–Trinajstić information content (AvgIpc) is 2.70. The van der Waals surface area contributed by atoms with Gasteiger partial charge in [-0.3, -0.25) is 4.90 Å². The molecule has 2 aliphatic heterocycles. The number of piperidine rings is 1. The van der Waals surface area contributed by atoms with Crippen LogP contribution < -0.4 is 5.73 Å². The quantitative estimate of drug-likeness (QED) is 0.779. The average molecular weight is 225 g/mol. The van der Waals surface area contributed by atoms with Crippen molar-refractivity contribution in [2.24, 2.45) is 11.7 Å². The summed E-state index contributed by atoms with van der Waals surface area (Å²) < 4.78 is 0. The van der Waals surface area contributed by atoms with E-state index in [0.717, 1.165) is 25.0 Å². The number of nitrogens with two attached hydrogens (primary N) is 1. The van der Waals surface area contributed by atoms with Gasteiger partial charge in [-0.05, 0) is 51.2 Å². The fourth-order valence-corrected chi connectivity index (χ4v) is 3.10. The molecule has 0 radical (unpaired) electrons. The SMILES string of the molecule is CC1CCN(C[C@H]2CCCN2CCN)CC1. The Morgan fingerprint density at radius 2 is 1.88 bits per heavy atom. The van der Waals surface area contributed by atoms with Crippen molar-refractivity contribution < 1.29 is 0 Å². The van der Waals surface area contributed by atoms with Crippen LogP contribution in [0.2, 0.25) is 0 Å². The fraction of sp³-hybridized carbons (Fsp3) is 1.00. The first-order chi connectivity index (χ1) is 7.79. The molecule has 0 amide bonds. The first-order valence-electron chi connectivity index (χ1n) is 6.96. The van der Waals surface area contributed by atoms with Gasteiger partial charge in [-0.15, -0.1) is 0 Å². The predicted octanol–water partition coefficient (Wildman–Crippen LogP) is 1.14. The van der Waals surface area contributed by atoms with E-state index >= 15 is 0 Å². The summed E-state index contributed by atoms with van der Waals surface area (Å²) >= 11 is 0. The highest BCUT2D eigenvalue weighted by Crippen LogP contribution is 2.21. The van der Waals surface area contributed by atoms with Gasteiger partial charge in [0.1, 0.15) is 0 Å². The largest absolute Gasteiger partial charge is 0.329 e. The Bertz CT molecular complexity index is 199. The fourth-order valence-electron chi connectivity index (χ4n) is 3.10. The summed E-state index contributed by atoms with van der Waals surface area (Å²) in [6.45, 7) is 9.47. The minimum Gasteiger partial charge on any atom is -0.329 e. The lowest BCUT2D eigenvalue weighted by atomic mass is 9.99. The molecule has 0 aromatic rings. The zero-order chi connectivity index (χ0) is 11.4. The smallest absolute Gasteiger partial charge is 0.0224 e. The highest BCUT2D eigenvalue weighted by Gasteiger charge is 2.26. The van der Waals surface area contributed by atoms with E-state index < -0.39 is 0 Å². The zero-order valence-corrected chi connectivity index (χ0v) is 10.7. The van der Waals surface area contributed by atoms with Crippen LogP contribution in [0.15, 0.2) is 0 Å². The first kappa shape index (κ1) is 12.3. The minimum absolute atomic E-state index is 0.789. The first-order valence-corrected chi connectivity index (χ1v) is 6.96. The third kappa shape index (κ3) is 3.19. The van der Waals surface area contributed by atoms with E-state index in [0.29, 0.717) is 0 Å². The molecule has 0 saturated carbocycles. The molecule has 0 bridgehead atoms.